The van der Waals surface area contributed by atoms with Crippen LogP contribution in [0.15, 0.2) is 12.8 Å². The average Bonchev–Trinajstić information content (AvgIpc) is 2.49. The molecule has 0 aromatic carbocycles. The minimum absolute atomic E-state index is 0.421. The molecule has 0 fully saturated rings. The van der Waals surface area contributed by atoms with Crippen LogP contribution < -0.4 is 0 Å². The maximum Gasteiger partial charge on any atom is 0.0978 e. The van der Waals surface area contributed by atoms with E-state index in [-0.39, 0.29) is 0 Å². The molecule has 1 unspecified atom stereocenters. The van der Waals surface area contributed by atoms with E-state index >= 15 is 0 Å². The topological polar surface area (TPSA) is 9.23 Å². The summed E-state index contributed by atoms with van der Waals surface area (Å²) in [7, 11) is 0. The largest absolute Gasteiger partial charge is 0.499 e. The Morgan fingerprint density at radius 3 is 1.43 bits per heavy atom. The van der Waals surface area contributed by atoms with E-state index in [1.165, 1.54) is 96.3 Å². The van der Waals surface area contributed by atoms with Crippen LogP contribution in [0.25, 0.3) is 0 Å². The van der Waals surface area contributed by atoms with Crippen LogP contribution in [0.5, 0.6) is 0 Å². The van der Waals surface area contributed by atoms with Crippen molar-refractivity contribution in [2.75, 3.05) is 0 Å². The van der Waals surface area contributed by atoms with E-state index in [1.54, 1.807) is 6.26 Å². The van der Waals surface area contributed by atoms with Crippen molar-refractivity contribution in [3.63, 3.8) is 0 Å². The second-order valence-corrected chi connectivity index (χ2v) is 6.39. The van der Waals surface area contributed by atoms with Crippen LogP contribution >= 0.6 is 0 Å². The quantitative estimate of drug-likeness (QED) is 0.200. The van der Waals surface area contributed by atoms with Gasteiger partial charge in [0.15, 0.2) is 0 Å². The molecule has 0 radical (unpaired) electrons. The van der Waals surface area contributed by atoms with E-state index in [0.717, 1.165) is 0 Å². The van der Waals surface area contributed by atoms with E-state index in [0.29, 0.717) is 6.10 Å². The molecule has 0 saturated carbocycles. The summed E-state index contributed by atoms with van der Waals surface area (Å²) in [5, 5.41) is 0. The van der Waals surface area contributed by atoms with Crippen molar-refractivity contribution in [2.45, 2.75) is 116 Å². The molecule has 0 bridgehead atoms. The second-order valence-electron chi connectivity index (χ2n) is 6.39. The van der Waals surface area contributed by atoms with Gasteiger partial charge in [-0.25, -0.2) is 0 Å². The van der Waals surface area contributed by atoms with Crippen molar-refractivity contribution in [3.8, 4) is 0 Å². The van der Waals surface area contributed by atoms with Gasteiger partial charge in [-0.15, -0.1) is 0 Å². The molecular weight excluding hydrogens is 256 g/mol. The highest BCUT2D eigenvalue weighted by atomic mass is 16.5. The van der Waals surface area contributed by atoms with Gasteiger partial charge in [0.2, 0.25) is 0 Å². The van der Waals surface area contributed by atoms with Gasteiger partial charge in [-0.2, -0.15) is 0 Å². The molecule has 0 rings (SSSR count). The molecule has 0 aliphatic heterocycles. The van der Waals surface area contributed by atoms with Gasteiger partial charge in [-0.1, -0.05) is 91.1 Å². The lowest BCUT2D eigenvalue weighted by Crippen LogP contribution is -2.09. The summed E-state index contributed by atoms with van der Waals surface area (Å²) < 4.78 is 5.68. The molecular formula is C20H40O. The predicted octanol–water partition coefficient (Wildman–Crippen LogP) is 7.41. The van der Waals surface area contributed by atoms with Gasteiger partial charge in [-0.05, 0) is 25.7 Å². The van der Waals surface area contributed by atoms with E-state index in [4.69, 9.17) is 4.74 Å². The molecule has 1 atom stereocenters. The third-order valence-electron chi connectivity index (χ3n) is 4.30. The lowest BCUT2D eigenvalue weighted by molar-refractivity contribution is 0.121. The fraction of sp³-hybridized carbons (Fsp3) is 0.900. The van der Waals surface area contributed by atoms with Gasteiger partial charge < -0.3 is 4.74 Å². The number of hydrogen-bond acceptors (Lipinski definition) is 1. The van der Waals surface area contributed by atoms with Gasteiger partial charge in [-0.3, -0.25) is 0 Å². The van der Waals surface area contributed by atoms with Crippen molar-refractivity contribution in [1.29, 1.82) is 0 Å². The first kappa shape index (κ1) is 20.5. The van der Waals surface area contributed by atoms with Crippen LogP contribution in [0, 0.1) is 0 Å². The van der Waals surface area contributed by atoms with Crippen LogP contribution in [0.4, 0.5) is 0 Å². The Labute approximate surface area is 134 Å². The molecule has 126 valence electrons. The molecule has 0 aromatic heterocycles. The first-order valence-electron chi connectivity index (χ1n) is 9.61. The summed E-state index contributed by atoms with van der Waals surface area (Å²) in [5.74, 6) is 0. The highest BCUT2D eigenvalue weighted by molar-refractivity contribution is 4.64. The fourth-order valence-corrected chi connectivity index (χ4v) is 2.90. The summed E-state index contributed by atoms with van der Waals surface area (Å²) in [6.07, 6.45) is 22.4. The Bertz CT molecular complexity index is 200. The lowest BCUT2D eigenvalue weighted by Gasteiger charge is -2.16. The van der Waals surface area contributed by atoms with Gasteiger partial charge in [0.05, 0.1) is 12.4 Å². The zero-order chi connectivity index (χ0) is 15.6. The van der Waals surface area contributed by atoms with Gasteiger partial charge in [0.1, 0.15) is 0 Å². The van der Waals surface area contributed by atoms with E-state index in [2.05, 4.69) is 20.4 Å². The molecule has 0 aliphatic rings. The van der Waals surface area contributed by atoms with E-state index < -0.39 is 0 Å². The Hall–Kier alpha value is -0.460. The zero-order valence-electron chi connectivity index (χ0n) is 14.9. The van der Waals surface area contributed by atoms with Crippen molar-refractivity contribution < 1.29 is 4.74 Å². The van der Waals surface area contributed by atoms with Crippen molar-refractivity contribution in [1.82, 2.24) is 0 Å². The molecule has 0 N–H and O–H groups in total. The van der Waals surface area contributed by atoms with Crippen LogP contribution in [0.2, 0.25) is 0 Å². The van der Waals surface area contributed by atoms with E-state index in [9.17, 15) is 0 Å². The third-order valence-corrected chi connectivity index (χ3v) is 4.30. The summed E-state index contributed by atoms with van der Waals surface area (Å²) in [6, 6.07) is 0. The molecule has 0 aromatic rings. The van der Waals surface area contributed by atoms with Crippen LogP contribution in [-0.2, 0) is 4.74 Å². The van der Waals surface area contributed by atoms with Gasteiger partial charge in [0, 0.05) is 0 Å². The minimum atomic E-state index is 0.421. The standard InChI is InChI=1S/C20H40O/c1-4-7-9-11-13-15-17-19-20(21-6-3)18-16-14-12-10-8-5-2/h6,20H,3-5,7-19H2,1-2H3. The van der Waals surface area contributed by atoms with E-state index in [1.807, 2.05) is 0 Å². The highest BCUT2D eigenvalue weighted by Gasteiger charge is 2.07. The fourth-order valence-electron chi connectivity index (χ4n) is 2.90. The lowest BCUT2D eigenvalue weighted by atomic mass is 10.0. The summed E-state index contributed by atoms with van der Waals surface area (Å²) in [6.45, 7) is 8.28. The van der Waals surface area contributed by atoms with Crippen molar-refractivity contribution in [2.24, 2.45) is 0 Å². The SMILES string of the molecule is C=COC(CCCCCCCC)CCCCCCCCC. The molecule has 1 heteroatoms. The smallest absolute Gasteiger partial charge is 0.0978 e. The molecule has 0 spiro atoms. The molecule has 0 saturated heterocycles. The third kappa shape index (κ3) is 15.7. The second kappa shape index (κ2) is 17.6. The summed E-state index contributed by atoms with van der Waals surface area (Å²) in [5.41, 5.74) is 0. The zero-order valence-corrected chi connectivity index (χ0v) is 14.9. The summed E-state index contributed by atoms with van der Waals surface area (Å²) in [4.78, 5) is 0. The maximum atomic E-state index is 5.68. The first-order chi connectivity index (χ1) is 10.3. The molecule has 21 heavy (non-hydrogen) atoms. The molecule has 0 aliphatic carbocycles. The van der Waals surface area contributed by atoms with Gasteiger partial charge >= 0.3 is 0 Å². The highest BCUT2D eigenvalue weighted by Crippen LogP contribution is 2.16. The maximum absolute atomic E-state index is 5.68. The Kier molecular flexibility index (Phi) is 17.2. The Balaban J connectivity index is 3.46. The molecule has 0 amide bonds. The van der Waals surface area contributed by atoms with Crippen molar-refractivity contribution >= 4 is 0 Å². The number of hydrogen-bond donors (Lipinski definition) is 0. The Morgan fingerprint density at radius 1 is 0.667 bits per heavy atom. The number of unbranched alkanes of at least 4 members (excludes halogenated alkanes) is 11. The molecule has 1 nitrogen and oxygen atoms in total. The first-order valence-corrected chi connectivity index (χ1v) is 9.61. The Morgan fingerprint density at radius 2 is 1.05 bits per heavy atom. The summed E-state index contributed by atoms with van der Waals surface area (Å²) >= 11 is 0. The van der Waals surface area contributed by atoms with Crippen LogP contribution in [0.1, 0.15) is 110 Å². The minimum Gasteiger partial charge on any atom is -0.499 e. The van der Waals surface area contributed by atoms with Crippen LogP contribution in [0.3, 0.4) is 0 Å². The predicted molar refractivity (Wildman–Crippen MR) is 95.7 cm³/mol. The number of ether oxygens (including phenoxy) is 1. The normalized spacial score (nSPS) is 12.3. The monoisotopic (exact) mass is 296 g/mol. The number of rotatable bonds is 17. The molecule has 0 heterocycles. The van der Waals surface area contributed by atoms with Crippen molar-refractivity contribution in [3.05, 3.63) is 12.8 Å². The van der Waals surface area contributed by atoms with Gasteiger partial charge in [0.25, 0.3) is 0 Å². The average molecular weight is 297 g/mol. The van der Waals surface area contributed by atoms with Crippen LogP contribution in [-0.4, -0.2) is 6.10 Å².